The average molecular weight is 321 g/mol. The average Bonchev–Trinajstić information content (AvgIpc) is 2.56. The van der Waals surface area contributed by atoms with Crippen molar-refractivity contribution in [3.8, 4) is 0 Å². The van der Waals surface area contributed by atoms with Crippen LogP contribution < -0.4 is 10.2 Å². The van der Waals surface area contributed by atoms with Gasteiger partial charge in [-0.3, -0.25) is 0 Å². The number of urea groups is 1. The predicted octanol–water partition coefficient (Wildman–Crippen LogP) is 2.49. The van der Waals surface area contributed by atoms with Gasteiger partial charge < -0.3 is 19.9 Å². The third-order valence-corrected chi connectivity index (χ3v) is 4.97. The van der Waals surface area contributed by atoms with E-state index in [4.69, 9.17) is 4.74 Å². The molecule has 1 aromatic rings. The summed E-state index contributed by atoms with van der Waals surface area (Å²) in [7, 11) is 0. The van der Waals surface area contributed by atoms with Gasteiger partial charge in [0.05, 0.1) is 12.7 Å². The molecule has 5 nitrogen and oxygen atoms in total. The second-order valence-corrected chi connectivity index (χ2v) is 6.93. The van der Waals surface area contributed by atoms with Gasteiger partial charge in [-0.15, -0.1) is 0 Å². The Morgan fingerprint density at radius 1 is 1.23 bits per heavy atom. The van der Waals surface area contributed by atoms with Crippen LogP contribution in [-0.4, -0.2) is 61.3 Å². The van der Waals surface area contributed by atoms with Gasteiger partial charge in [0.25, 0.3) is 0 Å². The second-order valence-electron chi connectivity index (χ2n) is 5.70. The van der Waals surface area contributed by atoms with E-state index in [1.807, 2.05) is 35.7 Å². The first-order valence-electron chi connectivity index (χ1n) is 7.82. The van der Waals surface area contributed by atoms with Gasteiger partial charge in [-0.25, -0.2) is 4.79 Å². The van der Waals surface area contributed by atoms with Crippen LogP contribution in [0.5, 0.6) is 0 Å². The van der Waals surface area contributed by atoms with Gasteiger partial charge in [0.2, 0.25) is 0 Å². The first-order chi connectivity index (χ1) is 10.7. The fraction of sp³-hybridized carbons (Fsp3) is 0.562. The molecule has 0 aromatic heterocycles. The number of benzene rings is 1. The number of anilines is 2. The van der Waals surface area contributed by atoms with Gasteiger partial charge in [0.15, 0.2) is 0 Å². The summed E-state index contributed by atoms with van der Waals surface area (Å²) < 4.78 is 5.46. The lowest BCUT2D eigenvalue weighted by Gasteiger charge is -2.31. The van der Waals surface area contributed by atoms with Gasteiger partial charge in [-0.1, -0.05) is 0 Å². The maximum Gasteiger partial charge on any atom is 0.322 e. The van der Waals surface area contributed by atoms with Crippen LogP contribution in [0.15, 0.2) is 24.3 Å². The highest BCUT2D eigenvalue weighted by Gasteiger charge is 2.21. The Labute approximate surface area is 136 Å². The summed E-state index contributed by atoms with van der Waals surface area (Å²) >= 11 is 2.01. The van der Waals surface area contributed by atoms with Crippen molar-refractivity contribution >= 4 is 29.2 Å². The lowest BCUT2D eigenvalue weighted by molar-refractivity contribution is -0.00138. The highest BCUT2D eigenvalue weighted by molar-refractivity contribution is 7.99. The van der Waals surface area contributed by atoms with E-state index in [9.17, 15) is 4.79 Å². The lowest BCUT2D eigenvalue weighted by Crippen LogP contribution is -2.46. The zero-order valence-corrected chi connectivity index (χ0v) is 13.8. The van der Waals surface area contributed by atoms with Crippen molar-refractivity contribution in [3.05, 3.63) is 24.3 Å². The molecule has 0 aliphatic carbocycles. The summed E-state index contributed by atoms with van der Waals surface area (Å²) in [6.45, 7) is 6.10. The van der Waals surface area contributed by atoms with Crippen molar-refractivity contribution in [2.75, 3.05) is 54.5 Å². The van der Waals surface area contributed by atoms with Gasteiger partial charge >= 0.3 is 6.03 Å². The maximum atomic E-state index is 12.2. The van der Waals surface area contributed by atoms with Crippen molar-refractivity contribution in [3.63, 3.8) is 0 Å². The molecule has 22 heavy (non-hydrogen) atoms. The number of ether oxygens (including phenoxy) is 1. The van der Waals surface area contributed by atoms with Crippen LogP contribution in [0, 0.1) is 0 Å². The molecule has 2 heterocycles. The van der Waals surface area contributed by atoms with E-state index in [-0.39, 0.29) is 12.1 Å². The van der Waals surface area contributed by atoms with Gasteiger partial charge in [0.1, 0.15) is 0 Å². The molecule has 0 radical (unpaired) electrons. The molecule has 6 heteroatoms. The Morgan fingerprint density at radius 2 is 1.95 bits per heavy atom. The summed E-state index contributed by atoms with van der Waals surface area (Å²) in [5, 5.41) is 2.97. The van der Waals surface area contributed by atoms with Crippen LogP contribution >= 0.6 is 11.8 Å². The molecule has 0 saturated carbocycles. The van der Waals surface area contributed by atoms with Crippen molar-refractivity contribution < 1.29 is 9.53 Å². The number of carbonyl (C=O) groups excluding carboxylic acids is 1. The van der Waals surface area contributed by atoms with Gasteiger partial charge in [0, 0.05) is 49.1 Å². The van der Waals surface area contributed by atoms with Crippen LogP contribution in [0.4, 0.5) is 16.2 Å². The van der Waals surface area contributed by atoms with Crippen LogP contribution in [0.3, 0.4) is 0 Å². The summed E-state index contributed by atoms with van der Waals surface area (Å²) in [6, 6.07) is 8.11. The minimum absolute atomic E-state index is 0.0442. The quantitative estimate of drug-likeness (QED) is 0.909. The summed E-state index contributed by atoms with van der Waals surface area (Å²) in [4.78, 5) is 16.4. The fourth-order valence-corrected chi connectivity index (χ4v) is 3.69. The molecule has 2 aliphatic heterocycles. The molecular weight excluding hydrogens is 298 g/mol. The monoisotopic (exact) mass is 321 g/mol. The SMILES string of the molecule is CC1CN(C(=O)Nc2ccc(N3CCSCC3)cc2)CCO1. The van der Waals surface area contributed by atoms with Crippen molar-refractivity contribution in [2.45, 2.75) is 13.0 Å². The number of nitrogens with zero attached hydrogens (tertiary/aromatic N) is 2. The third-order valence-electron chi connectivity index (χ3n) is 4.02. The van der Waals surface area contributed by atoms with Gasteiger partial charge in [-0.2, -0.15) is 11.8 Å². The topological polar surface area (TPSA) is 44.8 Å². The summed E-state index contributed by atoms with van der Waals surface area (Å²) in [5.74, 6) is 2.38. The smallest absolute Gasteiger partial charge is 0.322 e. The Balaban J connectivity index is 1.57. The first kappa shape index (κ1) is 15.5. The zero-order chi connectivity index (χ0) is 15.4. The number of hydrogen-bond donors (Lipinski definition) is 1. The fourth-order valence-electron chi connectivity index (χ4n) is 2.78. The Bertz CT molecular complexity index is 503. The van der Waals surface area contributed by atoms with Crippen LogP contribution in [-0.2, 0) is 4.74 Å². The maximum absolute atomic E-state index is 12.2. The van der Waals surface area contributed by atoms with E-state index >= 15 is 0 Å². The minimum atomic E-state index is -0.0442. The number of rotatable bonds is 2. The van der Waals surface area contributed by atoms with E-state index in [1.54, 1.807) is 0 Å². The predicted molar refractivity (Wildman–Crippen MR) is 92.0 cm³/mol. The van der Waals surface area contributed by atoms with Crippen LogP contribution in [0.25, 0.3) is 0 Å². The Morgan fingerprint density at radius 3 is 2.64 bits per heavy atom. The van der Waals surface area contributed by atoms with E-state index in [2.05, 4.69) is 22.3 Å². The molecule has 2 fully saturated rings. The molecular formula is C16H23N3O2S. The van der Waals surface area contributed by atoms with Gasteiger partial charge in [-0.05, 0) is 31.2 Å². The molecule has 2 amide bonds. The molecule has 2 saturated heterocycles. The molecule has 0 bridgehead atoms. The third kappa shape index (κ3) is 3.87. The molecule has 2 aliphatic rings. The number of thioether (sulfide) groups is 1. The van der Waals surface area contributed by atoms with Crippen molar-refractivity contribution in [1.29, 1.82) is 0 Å². The molecule has 120 valence electrons. The number of nitrogens with one attached hydrogen (secondary N) is 1. The summed E-state index contributed by atoms with van der Waals surface area (Å²) in [5.41, 5.74) is 2.08. The molecule has 3 rings (SSSR count). The Kier molecular flexibility index (Phi) is 5.10. The molecule has 1 N–H and O–H groups in total. The second kappa shape index (κ2) is 7.24. The molecule has 1 unspecified atom stereocenters. The van der Waals surface area contributed by atoms with E-state index in [0.29, 0.717) is 19.7 Å². The van der Waals surface area contributed by atoms with E-state index in [1.165, 1.54) is 17.2 Å². The zero-order valence-electron chi connectivity index (χ0n) is 13.0. The number of morpholine rings is 1. The largest absolute Gasteiger partial charge is 0.375 e. The Hall–Kier alpha value is -1.40. The molecule has 1 atom stereocenters. The molecule has 1 aromatic carbocycles. The first-order valence-corrected chi connectivity index (χ1v) is 8.98. The van der Waals surface area contributed by atoms with Crippen LogP contribution in [0.1, 0.15) is 6.92 Å². The minimum Gasteiger partial charge on any atom is -0.375 e. The number of hydrogen-bond acceptors (Lipinski definition) is 4. The normalized spacial score (nSPS) is 22.5. The van der Waals surface area contributed by atoms with Crippen LogP contribution in [0.2, 0.25) is 0 Å². The van der Waals surface area contributed by atoms with Crippen molar-refractivity contribution in [2.24, 2.45) is 0 Å². The number of amides is 2. The highest BCUT2D eigenvalue weighted by Crippen LogP contribution is 2.21. The van der Waals surface area contributed by atoms with Crippen molar-refractivity contribution in [1.82, 2.24) is 4.90 Å². The highest BCUT2D eigenvalue weighted by atomic mass is 32.2. The molecule has 0 spiro atoms. The number of carbonyl (C=O) groups is 1. The summed E-state index contributed by atoms with van der Waals surface area (Å²) in [6.07, 6.45) is 0.110. The van der Waals surface area contributed by atoms with E-state index in [0.717, 1.165) is 18.8 Å². The lowest BCUT2D eigenvalue weighted by atomic mass is 10.2. The standard InChI is InChI=1S/C16H23N3O2S/c1-13-12-19(6-9-21-13)16(20)17-14-2-4-15(5-3-14)18-7-10-22-11-8-18/h2-5,13H,6-12H2,1H3,(H,17,20). The van der Waals surface area contributed by atoms with E-state index < -0.39 is 0 Å².